The second-order valence-electron chi connectivity index (χ2n) is 6.94. The molecule has 0 bridgehead atoms. The van der Waals surface area contributed by atoms with E-state index in [4.69, 9.17) is 24.1 Å². The summed E-state index contributed by atoms with van der Waals surface area (Å²) in [6.45, 7) is 4.45. The zero-order valence-electron chi connectivity index (χ0n) is 14.7. The highest BCUT2D eigenvalue weighted by atomic mass is 16.7. The van der Waals surface area contributed by atoms with E-state index in [9.17, 15) is 4.79 Å². The molecule has 0 fully saturated rings. The number of fused-ring (bicyclic) bond motifs is 2. The van der Waals surface area contributed by atoms with Crippen molar-refractivity contribution in [2.45, 2.75) is 38.6 Å². The zero-order valence-corrected chi connectivity index (χ0v) is 14.7. The third-order valence-corrected chi connectivity index (χ3v) is 4.44. The van der Waals surface area contributed by atoms with Gasteiger partial charge in [-0.3, -0.25) is 4.79 Å². The predicted molar refractivity (Wildman–Crippen MR) is 93.0 cm³/mol. The molecule has 2 aromatic carbocycles. The first-order valence-electron chi connectivity index (χ1n) is 8.52. The van der Waals surface area contributed by atoms with Gasteiger partial charge in [-0.2, -0.15) is 0 Å². The fourth-order valence-corrected chi connectivity index (χ4v) is 3.29. The van der Waals surface area contributed by atoms with E-state index >= 15 is 0 Å². The quantitative estimate of drug-likeness (QED) is 0.880. The Balaban J connectivity index is 1.48. The SMILES string of the molecule is CC1(C)Oc2cccc(COc3ccc4c(c3)OCC4CC(=O)O)c2O1. The molecule has 1 unspecified atom stereocenters. The minimum atomic E-state index is -0.824. The monoisotopic (exact) mass is 356 g/mol. The van der Waals surface area contributed by atoms with Crippen LogP contribution in [-0.4, -0.2) is 23.5 Å². The van der Waals surface area contributed by atoms with Crippen LogP contribution in [0.3, 0.4) is 0 Å². The molecule has 2 aliphatic rings. The molecule has 0 radical (unpaired) electrons. The van der Waals surface area contributed by atoms with Gasteiger partial charge in [-0.05, 0) is 12.1 Å². The van der Waals surface area contributed by atoms with Crippen LogP contribution in [0.4, 0.5) is 0 Å². The third-order valence-electron chi connectivity index (χ3n) is 4.44. The van der Waals surface area contributed by atoms with E-state index in [2.05, 4.69) is 0 Å². The van der Waals surface area contributed by atoms with Crippen molar-refractivity contribution in [3.63, 3.8) is 0 Å². The Hall–Kier alpha value is -2.89. The lowest BCUT2D eigenvalue weighted by Crippen LogP contribution is -2.29. The Morgan fingerprint density at radius 3 is 2.88 bits per heavy atom. The average Bonchev–Trinajstić information content (AvgIpc) is 3.11. The predicted octanol–water partition coefficient (Wildman–Crippen LogP) is 3.72. The van der Waals surface area contributed by atoms with Gasteiger partial charge in [-0.1, -0.05) is 18.2 Å². The summed E-state index contributed by atoms with van der Waals surface area (Å²) in [7, 11) is 0. The molecule has 0 saturated heterocycles. The van der Waals surface area contributed by atoms with E-state index in [-0.39, 0.29) is 12.3 Å². The lowest BCUT2D eigenvalue weighted by molar-refractivity contribution is -0.137. The minimum Gasteiger partial charge on any atom is -0.492 e. The van der Waals surface area contributed by atoms with Gasteiger partial charge in [0.1, 0.15) is 18.1 Å². The molecule has 6 nitrogen and oxygen atoms in total. The van der Waals surface area contributed by atoms with Gasteiger partial charge in [-0.25, -0.2) is 0 Å². The van der Waals surface area contributed by atoms with Crippen LogP contribution in [0.15, 0.2) is 36.4 Å². The molecule has 2 aromatic rings. The first-order chi connectivity index (χ1) is 12.4. The summed E-state index contributed by atoms with van der Waals surface area (Å²) >= 11 is 0. The highest BCUT2D eigenvalue weighted by Crippen LogP contribution is 2.42. The van der Waals surface area contributed by atoms with Gasteiger partial charge in [0.25, 0.3) is 0 Å². The summed E-state index contributed by atoms with van der Waals surface area (Å²) in [6.07, 6.45) is 0.0660. The highest BCUT2D eigenvalue weighted by molar-refractivity contribution is 5.68. The average molecular weight is 356 g/mol. The van der Waals surface area contributed by atoms with Gasteiger partial charge in [-0.15, -0.1) is 0 Å². The summed E-state index contributed by atoms with van der Waals surface area (Å²) in [5.41, 5.74) is 1.82. The van der Waals surface area contributed by atoms with Crippen molar-refractivity contribution in [2.24, 2.45) is 0 Å². The molecule has 4 rings (SSSR count). The van der Waals surface area contributed by atoms with Gasteiger partial charge in [0, 0.05) is 37.0 Å². The molecule has 1 atom stereocenters. The standard InChI is InChI=1S/C20H20O6/c1-20(2)25-16-5-3-4-12(19(16)26-20)10-23-14-6-7-15-13(8-18(21)22)11-24-17(15)9-14/h3-7,9,13H,8,10-11H2,1-2H3,(H,21,22). The van der Waals surface area contributed by atoms with E-state index in [1.54, 1.807) is 0 Å². The summed E-state index contributed by atoms with van der Waals surface area (Å²) in [5, 5.41) is 8.98. The van der Waals surface area contributed by atoms with Crippen LogP contribution >= 0.6 is 0 Å². The highest BCUT2D eigenvalue weighted by Gasteiger charge is 2.33. The summed E-state index contributed by atoms with van der Waals surface area (Å²) < 4.78 is 23.1. The van der Waals surface area contributed by atoms with Gasteiger partial charge in [0.2, 0.25) is 5.79 Å². The second kappa shape index (κ2) is 6.12. The molecule has 26 heavy (non-hydrogen) atoms. The number of para-hydroxylation sites is 1. The van der Waals surface area contributed by atoms with Crippen molar-refractivity contribution in [3.8, 4) is 23.0 Å². The molecule has 2 heterocycles. The number of hydrogen-bond acceptors (Lipinski definition) is 5. The summed E-state index contributed by atoms with van der Waals surface area (Å²) in [5.74, 6) is 1.15. The minimum absolute atomic E-state index is 0.0660. The van der Waals surface area contributed by atoms with Crippen molar-refractivity contribution in [1.29, 1.82) is 0 Å². The van der Waals surface area contributed by atoms with Crippen molar-refractivity contribution >= 4 is 5.97 Å². The lowest BCUT2D eigenvalue weighted by Gasteiger charge is -2.16. The van der Waals surface area contributed by atoms with E-state index in [0.29, 0.717) is 36.2 Å². The number of aliphatic carboxylic acids is 1. The van der Waals surface area contributed by atoms with Gasteiger partial charge in [0.15, 0.2) is 11.5 Å². The number of carbonyl (C=O) groups is 1. The van der Waals surface area contributed by atoms with Crippen molar-refractivity contribution < 1.29 is 28.8 Å². The molecule has 0 amide bonds. The van der Waals surface area contributed by atoms with Crippen molar-refractivity contribution in [3.05, 3.63) is 47.5 Å². The largest absolute Gasteiger partial charge is 0.492 e. The van der Waals surface area contributed by atoms with Crippen LogP contribution in [-0.2, 0) is 11.4 Å². The molecule has 0 aromatic heterocycles. The topological polar surface area (TPSA) is 74.2 Å². The summed E-state index contributed by atoms with van der Waals surface area (Å²) in [6, 6.07) is 11.2. The van der Waals surface area contributed by atoms with E-state index in [1.165, 1.54) is 0 Å². The van der Waals surface area contributed by atoms with Crippen molar-refractivity contribution in [2.75, 3.05) is 6.61 Å². The number of benzene rings is 2. The number of carboxylic acid groups (broad SMARTS) is 1. The van der Waals surface area contributed by atoms with Crippen LogP contribution in [0.1, 0.15) is 37.3 Å². The van der Waals surface area contributed by atoms with Crippen molar-refractivity contribution in [1.82, 2.24) is 0 Å². The maximum Gasteiger partial charge on any atom is 0.304 e. The van der Waals surface area contributed by atoms with Crippen LogP contribution in [0.2, 0.25) is 0 Å². The number of rotatable bonds is 5. The van der Waals surface area contributed by atoms with Gasteiger partial charge >= 0.3 is 5.97 Å². The van der Waals surface area contributed by atoms with Crippen LogP contribution in [0.5, 0.6) is 23.0 Å². The Labute approximate surface area is 151 Å². The summed E-state index contributed by atoms with van der Waals surface area (Å²) in [4.78, 5) is 10.9. The van der Waals surface area contributed by atoms with Gasteiger partial charge < -0.3 is 24.1 Å². The smallest absolute Gasteiger partial charge is 0.304 e. The maximum atomic E-state index is 10.9. The zero-order chi connectivity index (χ0) is 18.3. The Morgan fingerprint density at radius 1 is 1.23 bits per heavy atom. The first-order valence-corrected chi connectivity index (χ1v) is 8.52. The molecule has 2 aliphatic heterocycles. The number of hydrogen-bond donors (Lipinski definition) is 1. The van der Waals surface area contributed by atoms with Crippen LogP contribution in [0.25, 0.3) is 0 Å². The van der Waals surface area contributed by atoms with E-state index < -0.39 is 11.8 Å². The Bertz CT molecular complexity index is 857. The Kier molecular flexibility index (Phi) is 3.90. The van der Waals surface area contributed by atoms with Crippen LogP contribution < -0.4 is 18.9 Å². The van der Waals surface area contributed by atoms with Gasteiger partial charge in [0.05, 0.1) is 13.0 Å². The molecule has 0 aliphatic carbocycles. The lowest BCUT2D eigenvalue weighted by atomic mass is 9.98. The normalized spacial score (nSPS) is 18.9. The molecule has 0 spiro atoms. The molecular weight excluding hydrogens is 336 g/mol. The molecular formula is C20H20O6. The van der Waals surface area contributed by atoms with E-state index in [1.807, 2.05) is 50.2 Å². The molecule has 6 heteroatoms. The molecule has 136 valence electrons. The molecule has 0 saturated carbocycles. The fraction of sp³-hybridized carbons (Fsp3) is 0.350. The number of ether oxygens (including phenoxy) is 4. The van der Waals surface area contributed by atoms with E-state index in [0.717, 1.165) is 11.1 Å². The molecule has 1 N–H and O–H groups in total. The fourth-order valence-electron chi connectivity index (χ4n) is 3.29. The van der Waals surface area contributed by atoms with Crippen LogP contribution in [0, 0.1) is 0 Å². The Morgan fingerprint density at radius 2 is 2.08 bits per heavy atom. The first kappa shape index (κ1) is 16.6. The maximum absolute atomic E-state index is 10.9. The number of carboxylic acids is 1. The third kappa shape index (κ3) is 3.14. The second-order valence-corrected chi connectivity index (χ2v) is 6.94.